The Morgan fingerprint density at radius 2 is 1.94 bits per heavy atom. The predicted octanol–water partition coefficient (Wildman–Crippen LogP) is 2.66. The third-order valence-electron chi connectivity index (χ3n) is 6.87. The number of rotatable bonds is 5. The molecule has 2 saturated heterocycles. The van der Waals surface area contributed by atoms with Gasteiger partial charge < -0.3 is 25.0 Å². The molecule has 3 aliphatic rings. The molecule has 3 aliphatic heterocycles. The van der Waals surface area contributed by atoms with Crippen molar-refractivity contribution in [2.24, 2.45) is 0 Å². The van der Waals surface area contributed by atoms with E-state index >= 15 is 0 Å². The number of anilines is 2. The van der Waals surface area contributed by atoms with Crippen molar-refractivity contribution in [1.82, 2.24) is 20.2 Å². The van der Waals surface area contributed by atoms with E-state index in [1.54, 1.807) is 0 Å². The number of carbonyl (C=O) groups excluding carboxylic acids is 1. The maximum Gasteiger partial charge on any atom is 0.319 e. The first-order valence-corrected chi connectivity index (χ1v) is 12.3. The molecule has 0 aliphatic carbocycles. The number of carbonyl (C=O) groups is 1. The summed E-state index contributed by atoms with van der Waals surface area (Å²) in [5.74, 6) is 1.77. The van der Waals surface area contributed by atoms with Crippen molar-refractivity contribution in [3.8, 4) is 11.4 Å². The van der Waals surface area contributed by atoms with Gasteiger partial charge in [0.15, 0.2) is 5.82 Å². The van der Waals surface area contributed by atoms with Crippen molar-refractivity contribution in [1.29, 1.82) is 0 Å². The van der Waals surface area contributed by atoms with Crippen molar-refractivity contribution in [3.63, 3.8) is 0 Å². The molecule has 2 fully saturated rings. The number of nitrogens with one attached hydrogen (secondary N) is 2. The number of nitrogens with zero attached hydrogens (tertiary/aromatic N) is 4. The molecule has 9 nitrogen and oxygen atoms in total. The lowest BCUT2D eigenvalue weighted by molar-refractivity contribution is 0.0981. The van der Waals surface area contributed by atoms with E-state index in [4.69, 9.17) is 19.4 Å². The largest absolute Gasteiger partial charge is 0.380 e. The van der Waals surface area contributed by atoms with E-state index in [-0.39, 0.29) is 12.1 Å². The van der Waals surface area contributed by atoms with Crippen molar-refractivity contribution in [2.45, 2.75) is 45.3 Å². The minimum absolute atomic E-state index is 0.208. The summed E-state index contributed by atoms with van der Waals surface area (Å²) in [5, 5.41) is 5.59. The van der Waals surface area contributed by atoms with Crippen LogP contribution in [-0.4, -0.2) is 79.0 Å². The highest BCUT2D eigenvalue weighted by Crippen LogP contribution is 2.33. The van der Waals surface area contributed by atoms with Gasteiger partial charge in [0, 0.05) is 55.6 Å². The Morgan fingerprint density at radius 1 is 1.12 bits per heavy atom. The Labute approximate surface area is 200 Å². The van der Waals surface area contributed by atoms with E-state index in [0.717, 1.165) is 74.3 Å². The molecule has 182 valence electrons. The molecule has 0 spiro atoms. The minimum Gasteiger partial charge on any atom is -0.380 e. The van der Waals surface area contributed by atoms with E-state index in [1.807, 2.05) is 31.2 Å². The van der Waals surface area contributed by atoms with E-state index in [2.05, 4.69) is 27.4 Å². The Hall–Kier alpha value is -2.75. The molecule has 1 aromatic heterocycles. The molecule has 2 aromatic rings. The first kappa shape index (κ1) is 23.0. The normalized spacial score (nSPS) is 22.9. The van der Waals surface area contributed by atoms with Crippen molar-refractivity contribution in [3.05, 3.63) is 35.5 Å². The number of benzene rings is 1. The second kappa shape index (κ2) is 10.2. The molecular formula is C25H34N6O3. The number of hydrogen-bond acceptors (Lipinski definition) is 7. The van der Waals surface area contributed by atoms with Gasteiger partial charge in [-0.3, -0.25) is 4.90 Å². The van der Waals surface area contributed by atoms with Gasteiger partial charge in [0.25, 0.3) is 0 Å². The Morgan fingerprint density at radius 3 is 2.68 bits per heavy atom. The van der Waals surface area contributed by atoms with Crippen LogP contribution < -0.4 is 15.5 Å². The fourth-order valence-electron chi connectivity index (χ4n) is 5.00. The van der Waals surface area contributed by atoms with E-state index in [0.29, 0.717) is 25.8 Å². The van der Waals surface area contributed by atoms with Crippen molar-refractivity contribution in [2.75, 3.05) is 56.3 Å². The molecular weight excluding hydrogens is 432 g/mol. The fourth-order valence-corrected chi connectivity index (χ4v) is 5.00. The van der Waals surface area contributed by atoms with Gasteiger partial charge in [-0.2, -0.15) is 0 Å². The standard InChI is InChI=1S/C25H34N6O3/c1-3-26-25(32)27-19-6-4-18(5-7-19)23-28-22-14-30(20-9-12-33-16-20)10-8-21(22)24(29-23)31-11-13-34-15-17(31)2/h4-7,17,20H,3,8-16H2,1-2H3,(H2,26,27,32)/t17-,20+/m0/s1. The van der Waals surface area contributed by atoms with Crippen LogP contribution in [-0.2, 0) is 22.4 Å². The van der Waals surface area contributed by atoms with Gasteiger partial charge in [0.2, 0.25) is 0 Å². The summed E-state index contributed by atoms with van der Waals surface area (Å²) >= 11 is 0. The van der Waals surface area contributed by atoms with Gasteiger partial charge in [-0.05, 0) is 51.0 Å². The highest BCUT2D eigenvalue weighted by Gasteiger charge is 2.32. The monoisotopic (exact) mass is 466 g/mol. The van der Waals surface area contributed by atoms with Gasteiger partial charge in [-0.25, -0.2) is 14.8 Å². The SMILES string of the molecule is CCNC(=O)Nc1ccc(-c2nc3c(c(N4CCOC[C@@H]4C)n2)CCN([C@@H]2CCOC2)C3)cc1. The van der Waals surface area contributed by atoms with E-state index < -0.39 is 0 Å². The molecule has 9 heteroatoms. The zero-order valence-electron chi connectivity index (χ0n) is 20.0. The second-order valence-corrected chi connectivity index (χ2v) is 9.21. The zero-order valence-corrected chi connectivity index (χ0v) is 20.0. The van der Waals surface area contributed by atoms with Crippen LogP contribution >= 0.6 is 0 Å². The van der Waals surface area contributed by atoms with Crippen LogP contribution in [0.15, 0.2) is 24.3 Å². The number of urea groups is 1. The van der Waals surface area contributed by atoms with Crippen LogP contribution in [0.1, 0.15) is 31.5 Å². The minimum atomic E-state index is -0.208. The first-order valence-electron chi connectivity index (χ1n) is 12.3. The number of aromatic nitrogens is 2. The van der Waals surface area contributed by atoms with Gasteiger partial charge in [0.1, 0.15) is 5.82 Å². The van der Waals surface area contributed by atoms with Crippen LogP contribution in [0, 0.1) is 0 Å². The van der Waals surface area contributed by atoms with Crippen molar-refractivity contribution >= 4 is 17.5 Å². The third kappa shape index (κ3) is 4.87. The molecule has 5 rings (SSSR count). The average molecular weight is 467 g/mol. The van der Waals surface area contributed by atoms with Gasteiger partial charge in [0.05, 0.1) is 31.6 Å². The Balaban J connectivity index is 1.46. The second-order valence-electron chi connectivity index (χ2n) is 9.21. The molecule has 0 saturated carbocycles. The molecule has 1 aromatic carbocycles. The van der Waals surface area contributed by atoms with Crippen LogP contribution in [0.4, 0.5) is 16.3 Å². The number of hydrogen-bond donors (Lipinski definition) is 2. The van der Waals surface area contributed by atoms with Crippen LogP contribution in [0.25, 0.3) is 11.4 Å². The highest BCUT2D eigenvalue weighted by molar-refractivity contribution is 5.89. The molecule has 0 radical (unpaired) electrons. The molecule has 2 amide bonds. The summed E-state index contributed by atoms with van der Waals surface area (Å²) in [6.45, 7) is 10.4. The van der Waals surface area contributed by atoms with Gasteiger partial charge >= 0.3 is 6.03 Å². The third-order valence-corrected chi connectivity index (χ3v) is 6.87. The molecule has 0 unspecified atom stereocenters. The smallest absolute Gasteiger partial charge is 0.319 e. The molecule has 34 heavy (non-hydrogen) atoms. The van der Waals surface area contributed by atoms with Gasteiger partial charge in [-0.15, -0.1) is 0 Å². The number of amides is 2. The van der Waals surface area contributed by atoms with Gasteiger partial charge in [-0.1, -0.05) is 0 Å². The summed E-state index contributed by atoms with van der Waals surface area (Å²) in [7, 11) is 0. The number of morpholine rings is 1. The summed E-state index contributed by atoms with van der Waals surface area (Å²) in [6, 6.07) is 8.27. The summed E-state index contributed by atoms with van der Waals surface area (Å²) < 4.78 is 11.3. The quantitative estimate of drug-likeness (QED) is 0.700. The summed E-state index contributed by atoms with van der Waals surface area (Å²) in [5.41, 5.74) is 4.05. The summed E-state index contributed by atoms with van der Waals surface area (Å²) in [6.07, 6.45) is 2.03. The lowest BCUT2D eigenvalue weighted by atomic mass is 10.0. The lowest BCUT2D eigenvalue weighted by Crippen LogP contribution is -2.46. The fraction of sp³-hybridized carbons (Fsp3) is 0.560. The van der Waals surface area contributed by atoms with E-state index in [9.17, 15) is 4.79 Å². The molecule has 4 heterocycles. The first-order chi connectivity index (χ1) is 16.6. The van der Waals surface area contributed by atoms with Crippen molar-refractivity contribution < 1.29 is 14.3 Å². The topological polar surface area (TPSA) is 91.9 Å². The zero-order chi connectivity index (χ0) is 23.5. The predicted molar refractivity (Wildman–Crippen MR) is 131 cm³/mol. The number of ether oxygens (including phenoxy) is 2. The Bertz CT molecular complexity index is 1010. The molecule has 2 atom stereocenters. The van der Waals surface area contributed by atoms with Crippen LogP contribution in [0.2, 0.25) is 0 Å². The maximum atomic E-state index is 11.8. The number of fused-ring (bicyclic) bond motifs is 1. The summed E-state index contributed by atoms with van der Waals surface area (Å²) in [4.78, 5) is 26.9. The average Bonchev–Trinajstić information content (AvgIpc) is 3.39. The Kier molecular flexibility index (Phi) is 6.94. The van der Waals surface area contributed by atoms with Crippen LogP contribution in [0.5, 0.6) is 0 Å². The van der Waals surface area contributed by atoms with E-state index in [1.165, 1.54) is 5.56 Å². The molecule has 0 bridgehead atoms. The van der Waals surface area contributed by atoms with Crippen LogP contribution in [0.3, 0.4) is 0 Å². The highest BCUT2D eigenvalue weighted by atomic mass is 16.5. The molecule has 2 N–H and O–H groups in total. The lowest BCUT2D eigenvalue weighted by Gasteiger charge is -2.38. The maximum absolute atomic E-state index is 11.8.